The number of hydrogen-bond acceptors (Lipinski definition) is 2. The molecule has 0 aromatic rings. The summed E-state index contributed by atoms with van der Waals surface area (Å²) in [5, 5.41) is -0.186. The highest BCUT2D eigenvalue weighted by Gasteiger charge is 2.53. The van der Waals surface area contributed by atoms with Gasteiger partial charge in [0.05, 0.1) is 6.54 Å². The first-order valence-electron chi connectivity index (χ1n) is 5.63. The first-order chi connectivity index (χ1) is 6.69. The number of piperidine rings is 1. The van der Waals surface area contributed by atoms with Crippen molar-refractivity contribution < 1.29 is 4.79 Å². The Balaban J connectivity index is 1.74. The Labute approximate surface area is 89.6 Å². The molecule has 14 heavy (non-hydrogen) atoms. The van der Waals surface area contributed by atoms with Crippen LogP contribution < -0.4 is 0 Å². The van der Waals surface area contributed by atoms with Gasteiger partial charge < -0.3 is 0 Å². The van der Waals surface area contributed by atoms with Crippen molar-refractivity contribution in [1.29, 1.82) is 0 Å². The fourth-order valence-electron chi connectivity index (χ4n) is 3.52. The number of carbonyl (C=O) groups is 1. The molecule has 2 nitrogen and oxygen atoms in total. The van der Waals surface area contributed by atoms with Crippen LogP contribution in [0.25, 0.3) is 0 Å². The second-order valence-electron chi connectivity index (χ2n) is 5.32. The van der Waals surface area contributed by atoms with Gasteiger partial charge in [0.1, 0.15) is 0 Å². The van der Waals surface area contributed by atoms with Crippen molar-refractivity contribution >= 4 is 16.8 Å². The number of carbonyl (C=O) groups excluding carboxylic acids is 1. The maximum Gasteiger partial charge on any atom is 0.235 e. The van der Waals surface area contributed by atoms with Crippen LogP contribution in [-0.2, 0) is 4.79 Å². The lowest BCUT2D eigenvalue weighted by molar-refractivity contribution is -0.114. The van der Waals surface area contributed by atoms with Crippen LogP contribution in [0.4, 0.5) is 0 Å². The van der Waals surface area contributed by atoms with Crippen LogP contribution in [0.1, 0.15) is 38.5 Å². The van der Waals surface area contributed by atoms with Gasteiger partial charge in [0.25, 0.3) is 0 Å². The molecule has 2 atom stereocenters. The van der Waals surface area contributed by atoms with Gasteiger partial charge in [0.2, 0.25) is 5.24 Å². The Morgan fingerprint density at radius 1 is 1.29 bits per heavy atom. The normalized spacial score (nSPS) is 38.9. The number of fused-ring (bicyclic) bond motifs is 2. The summed E-state index contributed by atoms with van der Waals surface area (Å²) in [7, 11) is 0. The molecule has 1 aliphatic carbocycles. The molecule has 2 bridgehead atoms. The van der Waals surface area contributed by atoms with E-state index in [1.165, 1.54) is 38.5 Å². The number of rotatable bonds is 2. The quantitative estimate of drug-likeness (QED) is 0.656. The van der Waals surface area contributed by atoms with E-state index >= 15 is 0 Å². The van der Waals surface area contributed by atoms with Gasteiger partial charge in [-0.05, 0) is 55.5 Å². The fourth-order valence-corrected chi connectivity index (χ4v) is 3.66. The fraction of sp³-hybridized carbons (Fsp3) is 0.909. The molecule has 1 spiro atoms. The zero-order valence-electron chi connectivity index (χ0n) is 8.34. The summed E-state index contributed by atoms with van der Waals surface area (Å²) in [5.41, 5.74) is 0.706. The minimum atomic E-state index is -0.186. The van der Waals surface area contributed by atoms with Crippen LogP contribution in [0.2, 0.25) is 0 Å². The molecule has 0 amide bonds. The summed E-state index contributed by atoms with van der Waals surface area (Å²) in [4.78, 5) is 13.3. The van der Waals surface area contributed by atoms with Gasteiger partial charge in [-0.1, -0.05) is 0 Å². The lowest BCUT2D eigenvalue weighted by atomic mass is 9.88. The Morgan fingerprint density at radius 2 is 1.86 bits per heavy atom. The van der Waals surface area contributed by atoms with Crippen LogP contribution in [0.5, 0.6) is 0 Å². The van der Waals surface area contributed by atoms with Crippen molar-refractivity contribution in [2.45, 2.75) is 50.6 Å². The molecule has 1 saturated carbocycles. The largest absolute Gasteiger partial charge is 0.289 e. The third kappa shape index (κ3) is 1.40. The maximum atomic E-state index is 10.9. The van der Waals surface area contributed by atoms with E-state index in [1.54, 1.807) is 0 Å². The molecule has 3 rings (SSSR count). The minimum absolute atomic E-state index is 0.186. The Morgan fingerprint density at radius 3 is 2.29 bits per heavy atom. The molecule has 0 aromatic heterocycles. The average Bonchev–Trinajstić information content (AvgIpc) is 2.82. The van der Waals surface area contributed by atoms with Gasteiger partial charge in [-0.3, -0.25) is 9.69 Å². The molecule has 78 valence electrons. The third-order valence-electron chi connectivity index (χ3n) is 4.37. The van der Waals surface area contributed by atoms with E-state index in [0.717, 1.165) is 0 Å². The van der Waals surface area contributed by atoms with E-state index in [1.807, 2.05) is 0 Å². The summed E-state index contributed by atoms with van der Waals surface area (Å²) >= 11 is 5.48. The number of hydrogen-bond donors (Lipinski definition) is 0. The second-order valence-corrected chi connectivity index (χ2v) is 5.74. The molecule has 2 heterocycles. The van der Waals surface area contributed by atoms with Gasteiger partial charge in [-0.2, -0.15) is 0 Å². The number of nitrogens with zero attached hydrogens (tertiary/aromatic N) is 1. The highest BCUT2D eigenvalue weighted by molar-refractivity contribution is 6.64. The molecule has 2 unspecified atom stereocenters. The topological polar surface area (TPSA) is 20.3 Å². The molecule has 3 heteroatoms. The molecular weight excluding hydrogens is 198 g/mol. The highest BCUT2D eigenvalue weighted by Crippen LogP contribution is 2.59. The predicted octanol–water partition coefficient (Wildman–Crippen LogP) is 2.16. The zero-order valence-corrected chi connectivity index (χ0v) is 9.09. The molecule has 0 aromatic carbocycles. The van der Waals surface area contributed by atoms with Crippen LogP contribution in [0, 0.1) is 5.41 Å². The molecule has 0 N–H and O–H groups in total. The first kappa shape index (κ1) is 9.17. The summed E-state index contributed by atoms with van der Waals surface area (Å²) in [6.07, 6.45) is 8.10. The summed E-state index contributed by atoms with van der Waals surface area (Å²) in [6.45, 7) is 0.479. The smallest absolute Gasteiger partial charge is 0.235 e. The third-order valence-corrected chi connectivity index (χ3v) is 4.49. The monoisotopic (exact) mass is 213 g/mol. The van der Waals surface area contributed by atoms with Crippen molar-refractivity contribution in [3.05, 3.63) is 0 Å². The summed E-state index contributed by atoms with van der Waals surface area (Å²) < 4.78 is 0. The van der Waals surface area contributed by atoms with Crippen LogP contribution in [0.15, 0.2) is 0 Å². The van der Waals surface area contributed by atoms with E-state index in [9.17, 15) is 4.79 Å². The Hall–Kier alpha value is -0.0800. The van der Waals surface area contributed by atoms with Crippen molar-refractivity contribution in [1.82, 2.24) is 4.90 Å². The molecule has 3 aliphatic rings. The van der Waals surface area contributed by atoms with E-state index in [-0.39, 0.29) is 5.24 Å². The molecule has 0 radical (unpaired) electrons. The first-order valence-corrected chi connectivity index (χ1v) is 6.00. The zero-order chi connectivity index (χ0) is 9.76. The summed E-state index contributed by atoms with van der Waals surface area (Å²) in [5.74, 6) is 0. The van der Waals surface area contributed by atoms with Crippen molar-refractivity contribution in [3.8, 4) is 0 Å². The van der Waals surface area contributed by atoms with Gasteiger partial charge in [0, 0.05) is 12.1 Å². The molecule has 2 saturated heterocycles. The summed E-state index contributed by atoms with van der Waals surface area (Å²) in [6, 6.07) is 1.33. The van der Waals surface area contributed by atoms with Crippen LogP contribution in [-0.4, -0.2) is 28.8 Å². The predicted molar refractivity (Wildman–Crippen MR) is 55.3 cm³/mol. The number of halogens is 1. The Bertz CT molecular complexity index is 258. The lowest BCUT2D eigenvalue weighted by Gasteiger charge is -2.38. The average molecular weight is 214 g/mol. The Kier molecular flexibility index (Phi) is 1.94. The van der Waals surface area contributed by atoms with E-state index < -0.39 is 0 Å². The molecule has 3 fully saturated rings. The van der Waals surface area contributed by atoms with Gasteiger partial charge in [-0.15, -0.1) is 0 Å². The molecular formula is C11H16ClNO. The maximum absolute atomic E-state index is 10.9. The van der Waals surface area contributed by atoms with Gasteiger partial charge in [0.15, 0.2) is 0 Å². The lowest BCUT2D eigenvalue weighted by Crippen LogP contribution is -2.45. The highest BCUT2D eigenvalue weighted by atomic mass is 35.5. The van der Waals surface area contributed by atoms with Crippen molar-refractivity contribution in [2.24, 2.45) is 5.41 Å². The van der Waals surface area contributed by atoms with Gasteiger partial charge in [-0.25, -0.2) is 0 Å². The van der Waals surface area contributed by atoms with E-state index in [2.05, 4.69) is 4.90 Å². The van der Waals surface area contributed by atoms with Gasteiger partial charge >= 0.3 is 0 Å². The second kappa shape index (κ2) is 2.96. The van der Waals surface area contributed by atoms with Crippen molar-refractivity contribution in [2.75, 3.05) is 6.54 Å². The molecule has 2 aliphatic heterocycles. The van der Waals surface area contributed by atoms with E-state index in [0.29, 0.717) is 24.0 Å². The van der Waals surface area contributed by atoms with E-state index in [4.69, 9.17) is 11.6 Å². The van der Waals surface area contributed by atoms with Crippen LogP contribution >= 0.6 is 11.6 Å². The minimum Gasteiger partial charge on any atom is -0.289 e. The van der Waals surface area contributed by atoms with Crippen LogP contribution in [0.3, 0.4) is 0 Å². The van der Waals surface area contributed by atoms with Crippen molar-refractivity contribution in [3.63, 3.8) is 0 Å². The standard InChI is InChI=1S/C11H16ClNO/c12-10(14)7-13-8-1-2-9(13)6-11(5-8)3-4-11/h8-9H,1-7H2. The SMILES string of the molecule is O=C(Cl)CN1C2CCC1CC1(CC1)C2.